The number of hydrogen-bond acceptors (Lipinski definition) is 2. The highest BCUT2D eigenvalue weighted by atomic mass is 16.4. The van der Waals surface area contributed by atoms with Crippen LogP contribution in [0.4, 0.5) is 5.69 Å². The second-order valence-electron chi connectivity index (χ2n) is 3.98. The summed E-state index contributed by atoms with van der Waals surface area (Å²) in [6.07, 6.45) is 1.24. The van der Waals surface area contributed by atoms with Crippen LogP contribution in [0.5, 0.6) is 0 Å². The maximum atomic E-state index is 11.7. The predicted molar refractivity (Wildman–Crippen MR) is 59.1 cm³/mol. The minimum atomic E-state index is -0.925. The molecule has 1 heterocycles. The van der Waals surface area contributed by atoms with Gasteiger partial charge in [-0.25, -0.2) is 0 Å². The zero-order valence-corrected chi connectivity index (χ0v) is 8.77. The minimum Gasteiger partial charge on any atom is -0.481 e. The normalized spacial score (nSPS) is 19.5. The molecule has 0 saturated heterocycles. The van der Waals surface area contributed by atoms with Gasteiger partial charge >= 0.3 is 5.97 Å². The lowest BCUT2D eigenvalue weighted by atomic mass is 9.97. The summed E-state index contributed by atoms with van der Waals surface area (Å²) < 4.78 is 0. The molecular weight excluding hydrogens is 206 g/mol. The number of aryl methyl sites for hydroxylation is 1. The first-order valence-corrected chi connectivity index (χ1v) is 5.27. The fourth-order valence-corrected chi connectivity index (χ4v) is 1.96. The smallest absolute Gasteiger partial charge is 0.304 e. The van der Waals surface area contributed by atoms with Crippen molar-refractivity contribution in [3.8, 4) is 0 Å². The number of carbonyl (C=O) groups excluding carboxylic acids is 1. The monoisotopic (exact) mass is 219 g/mol. The van der Waals surface area contributed by atoms with Gasteiger partial charge < -0.3 is 10.4 Å². The van der Waals surface area contributed by atoms with E-state index in [1.54, 1.807) is 0 Å². The van der Waals surface area contributed by atoms with Crippen LogP contribution in [-0.4, -0.2) is 17.0 Å². The van der Waals surface area contributed by atoms with E-state index in [0.717, 1.165) is 17.7 Å². The van der Waals surface area contributed by atoms with Crippen LogP contribution in [0.25, 0.3) is 0 Å². The molecule has 1 unspecified atom stereocenters. The number of carboxylic acids is 1. The summed E-state index contributed by atoms with van der Waals surface area (Å²) in [6, 6.07) is 7.58. The van der Waals surface area contributed by atoms with Crippen molar-refractivity contribution in [2.45, 2.75) is 19.3 Å². The van der Waals surface area contributed by atoms with Crippen molar-refractivity contribution in [2.24, 2.45) is 5.92 Å². The third kappa shape index (κ3) is 2.21. The van der Waals surface area contributed by atoms with Crippen molar-refractivity contribution in [2.75, 3.05) is 5.32 Å². The molecule has 0 fully saturated rings. The molecule has 1 aromatic carbocycles. The Balaban J connectivity index is 2.18. The summed E-state index contributed by atoms with van der Waals surface area (Å²) in [5.41, 5.74) is 1.88. The van der Waals surface area contributed by atoms with E-state index in [1.807, 2.05) is 24.3 Å². The van der Waals surface area contributed by atoms with E-state index in [2.05, 4.69) is 5.32 Å². The molecule has 0 spiro atoms. The lowest BCUT2D eigenvalue weighted by Crippen LogP contribution is -2.23. The standard InChI is InChI=1S/C12H13NO3/c14-11(15)7-9-6-5-8-3-1-2-4-10(8)13-12(9)16/h1-4,9H,5-7H2,(H,13,16)(H,14,15). The lowest BCUT2D eigenvalue weighted by Gasteiger charge is -2.09. The van der Waals surface area contributed by atoms with Crippen LogP contribution >= 0.6 is 0 Å². The van der Waals surface area contributed by atoms with Gasteiger partial charge in [-0.3, -0.25) is 9.59 Å². The molecule has 2 rings (SSSR count). The molecular formula is C12H13NO3. The maximum absolute atomic E-state index is 11.7. The first-order chi connectivity index (χ1) is 7.66. The van der Waals surface area contributed by atoms with Crippen molar-refractivity contribution < 1.29 is 14.7 Å². The van der Waals surface area contributed by atoms with Gasteiger partial charge in [-0.2, -0.15) is 0 Å². The number of hydrogen-bond donors (Lipinski definition) is 2. The molecule has 0 saturated carbocycles. The van der Waals surface area contributed by atoms with Gasteiger partial charge in [0.05, 0.1) is 6.42 Å². The minimum absolute atomic E-state index is 0.0974. The fraction of sp³-hybridized carbons (Fsp3) is 0.333. The zero-order valence-electron chi connectivity index (χ0n) is 8.77. The maximum Gasteiger partial charge on any atom is 0.304 e. The van der Waals surface area contributed by atoms with Gasteiger partial charge in [-0.1, -0.05) is 18.2 Å². The Morgan fingerprint density at radius 3 is 2.94 bits per heavy atom. The number of benzene rings is 1. The molecule has 0 radical (unpaired) electrons. The number of anilines is 1. The van der Waals surface area contributed by atoms with Gasteiger partial charge in [0.2, 0.25) is 5.91 Å². The average molecular weight is 219 g/mol. The van der Waals surface area contributed by atoms with Gasteiger partial charge in [0, 0.05) is 11.6 Å². The van der Waals surface area contributed by atoms with Crippen molar-refractivity contribution in [1.29, 1.82) is 0 Å². The molecule has 1 aliphatic rings. The first kappa shape index (κ1) is 10.7. The van der Waals surface area contributed by atoms with E-state index in [1.165, 1.54) is 0 Å². The molecule has 0 aromatic heterocycles. The topological polar surface area (TPSA) is 66.4 Å². The van der Waals surface area contributed by atoms with Crippen molar-refractivity contribution >= 4 is 17.6 Å². The van der Waals surface area contributed by atoms with Crippen LogP contribution in [0.2, 0.25) is 0 Å². The zero-order chi connectivity index (χ0) is 11.5. The van der Waals surface area contributed by atoms with Gasteiger partial charge in [0.15, 0.2) is 0 Å². The van der Waals surface area contributed by atoms with Crippen LogP contribution in [0.3, 0.4) is 0 Å². The second kappa shape index (κ2) is 4.35. The summed E-state index contributed by atoms with van der Waals surface area (Å²) in [5.74, 6) is -1.54. The van der Waals surface area contributed by atoms with Crippen LogP contribution in [-0.2, 0) is 16.0 Å². The predicted octanol–water partition coefficient (Wildman–Crippen LogP) is 1.66. The van der Waals surface area contributed by atoms with Gasteiger partial charge in [-0.05, 0) is 24.5 Å². The number of aliphatic carboxylic acids is 1. The third-order valence-corrected chi connectivity index (χ3v) is 2.83. The Labute approximate surface area is 93.3 Å². The van der Waals surface area contributed by atoms with E-state index < -0.39 is 11.9 Å². The van der Waals surface area contributed by atoms with E-state index in [-0.39, 0.29) is 12.3 Å². The first-order valence-electron chi connectivity index (χ1n) is 5.27. The lowest BCUT2D eigenvalue weighted by molar-refractivity contribution is -0.140. The molecule has 16 heavy (non-hydrogen) atoms. The molecule has 0 aliphatic carbocycles. The number of rotatable bonds is 2. The Morgan fingerprint density at radius 2 is 2.19 bits per heavy atom. The Hall–Kier alpha value is -1.84. The summed E-state index contributed by atoms with van der Waals surface area (Å²) in [4.78, 5) is 22.4. The highest BCUT2D eigenvalue weighted by molar-refractivity contribution is 5.95. The quantitative estimate of drug-likeness (QED) is 0.795. The van der Waals surface area contributed by atoms with E-state index in [0.29, 0.717) is 6.42 Å². The Morgan fingerprint density at radius 1 is 1.44 bits per heavy atom. The van der Waals surface area contributed by atoms with Crippen molar-refractivity contribution in [3.05, 3.63) is 29.8 Å². The molecule has 84 valence electrons. The van der Waals surface area contributed by atoms with Gasteiger partial charge in [-0.15, -0.1) is 0 Å². The molecule has 4 nitrogen and oxygen atoms in total. The number of carboxylic acid groups (broad SMARTS) is 1. The number of amides is 1. The SMILES string of the molecule is O=C(O)CC1CCc2ccccc2NC1=O. The average Bonchev–Trinajstić information content (AvgIpc) is 2.39. The highest BCUT2D eigenvalue weighted by Gasteiger charge is 2.25. The number of para-hydroxylation sites is 1. The van der Waals surface area contributed by atoms with Gasteiger partial charge in [0.25, 0.3) is 0 Å². The molecule has 0 bridgehead atoms. The summed E-state index contributed by atoms with van der Waals surface area (Å²) in [5, 5.41) is 11.5. The number of fused-ring (bicyclic) bond motifs is 1. The van der Waals surface area contributed by atoms with Crippen LogP contribution in [0.15, 0.2) is 24.3 Å². The van der Waals surface area contributed by atoms with Crippen molar-refractivity contribution in [3.63, 3.8) is 0 Å². The van der Waals surface area contributed by atoms with E-state index in [9.17, 15) is 9.59 Å². The molecule has 1 aromatic rings. The third-order valence-electron chi connectivity index (χ3n) is 2.83. The highest BCUT2D eigenvalue weighted by Crippen LogP contribution is 2.25. The van der Waals surface area contributed by atoms with Crippen LogP contribution in [0, 0.1) is 5.92 Å². The summed E-state index contributed by atoms with van der Waals surface area (Å²) >= 11 is 0. The van der Waals surface area contributed by atoms with E-state index in [4.69, 9.17) is 5.11 Å². The second-order valence-corrected chi connectivity index (χ2v) is 3.98. The van der Waals surface area contributed by atoms with Crippen LogP contribution in [0.1, 0.15) is 18.4 Å². The molecule has 1 atom stereocenters. The molecule has 4 heteroatoms. The molecule has 1 amide bonds. The van der Waals surface area contributed by atoms with E-state index >= 15 is 0 Å². The Bertz CT molecular complexity index is 428. The molecule has 1 aliphatic heterocycles. The number of carbonyl (C=O) groups is 2. The van der Waals surface area contributed by atoms with Crippen molar-refractivity contribution in [1.82, 2.24) is 0 Å². The number of nitrogens with one attached hydrogen (secondary N) is 1. The fourth-order valence-electron chi connectivity index (χ4n) is 1.96. The summed E-state index contributed by atoms with van der Waals surface area (Å²) in [6.45, 7) is 0. The van der Waals surface area contributed by atoms with Gasteiger partial charge in [0.1, 0.15) is 0 Å². The largest absolute Gasteiger partial charge is 0.481 e. The Kier molecular flexibility index (Phi) is 2.90. The van der Waals surface area contributed by atoms with Crippen LogP contribution < -0.4 is 5.32 Å². The molecule has 2 N–H and O–H groups in total. The summed E-state index contributed by atoms with van der Waals surface area (Å²) in [7, 11) is 0.